The lowest BCUT2D eigenvalue weighted by molar-refractivity contribution is -0.121. The fraction of sp³-hybridized carbons (Fsp3) is 0.286. The van der Waals surface area contributed by atoms with Crippen LogP contribution in [0.1, 0.15) is 30.6 Å². The maximum atomic E-state index is 13.1. The molecule has 0 aliphatic rings. The van der Waals surface area contributed by atoms with Crippen molar-refractivity contribution in [3.05, 3.63) is 59.9 Å². The van der Waals surface area contributed by atoms with Gasteiger partial charge in [0.05, 0.1) is 24.2 Å². The number of hydrogen-bond donors (Lipinski definition) is 0. The van der Waals surface area contributed by atoms with Crippen molar-refractivity contribution in [2.24, 2.45) is 0 Å². The minimum absolute atomic E-state index is 0.0151. The zero-order chi connectivity index (χ0) is 20.5. The summed E-state index contributed by atoms with van der Waals surface area (Å²) in [7, 11) is 0. The number of carbonyl (C=O) groups excluding carboxylic acids is 2. The van der Waals surface area contributed by atoms with Crippen LogP contribution in [0.4, 0.5) is 10.1 Å². The molecule has 2 aromatic rings. The maximum absolute atomic E-state index is 13.1. The zero-order valence-corrected chi connectivity index (χ0v) is 15.7. The van der Waals surface area contributed by atoms with Crippen molar-refractivity contribution in [3.63, 3.8) is 0 Å². The van der Waals surface area contributed by atoms with Crippen molar-refractivity contribution < 1.29 is 23.5 Å². The molecule has 2 aromatic carbocycles. The summed E-state index contributed by atoms with van der Waals surface area (Å²) in [6.45, 7) is 3.41. The topological polar surface area (TPSA) is 79.6 Å². The van der Waals surface area contributed by atoms with Crippen molar-refractivity contribution in [2.75, 3.05) is 18.1 Å². The molecule has 0 atom stereocenters. The fourth-order valence-electron chi connectivity index (χ4n) is 2.41. The molecule has 7 heteroatoms. The van der Waals surface area contributed by atoms with Crippen molar-refractivity contribution in [1.82, 2.24) is 0 Å². The molecule has 0 spiro atoms. The predicted molar refractivity (Wildman–Crippen MR) is 101 cm³/mol. The molecule has 0 saturated carbocycles. The molecule has 146 valence electrons. The van der Waals surface area contributed by atoms with E-state index in [1.54, 1.807) is 24.3 Å². The van der Waals surface area contributed by atoms with Crippen LogP contribution in [-0.2, 0) is 9.53 Å². The summed E-state index contributed by atoms with van der Waals surface area (Å²) in [5.41, 5.74) is 0.710. The van der Waals surface area contributed by atoms with E-state index in [1.165, 1.54) is 29.2 Å². The number of nitriles is 1. The van der Waals surface area contributed by atoms with E-state index in [4.69, 9.17) is 14.7 Å². The predicted octanol–water partition coefficient (Wildman–Crippen LogP) is 3.72. The van der Waals surface area contributed by atoms with Crippen molar-refractivity contribution >= 4 is 17.6 Å². The minimum Gasteiger partial charge on any atom is -0.491 e. The lowest BCUT2D eigenvalue weighted by Crippen LogP contribution is -2.35. The standard InChI is InChI=1S/C21H21FN2O4/c1-15(2)28-19-10-4-16(5-11-19)21(26)27-14-20(25)24(13-3-12-23)18-8-6-17(22)7-9-18/h4-11,15H,3,13-14H2,1-2H3. The number of ether oxygens (including phenoxy) is 2. The average Bonchev–Trinajstić information content (AvgIpc) is 2.67. The zero-order valence-electron chi connectivity index (χ0n) is 15.7. The summed E-state index contributed by atoms with van der Waals surface area (Å²) in [4.78, 5) is 25.9. The van der Waals surface area contributed by atoms with E-state index in [0.29, 0.717) is 11.4 Å². The first-order valence-corrected chi connectivity index (χ1v) is 8.77. The maximum Gasteiger partial charge on any atom is 0.338 e. The molecular formula is C21H21FN2O4. The molecular weight excluding hydrogens is 363 g/mol. The molecule has 0 radical (unpaired) electrons. The second kappa shape index (κ2) is 10.1. The van der Waals surface area contributed by atoms with E-state index in [2.05, 4.69) is 0 Å². The molecule has 0 aromatic heterocycles. The van der Waals surface area contributed by atoms with Crippen LogP contribution in [0.5, 0.6) is 5.75 Å². The third-order valence-electron chi connectivity index (χ3n) is 3.68. The van der Waals surface area contributed by atoms with Crippen LogP contribution in [0.25, 0.3) is 0 Å². The van der Waals surface area contributed by atoms with E-state index >= 15 is 0 Å². The Morgan fingerprint density at radius 3 is 2.32 bits per heavy atom. The quantitative estimate of drug-likeness (QED) is 0.648. The number of nitrogens with zero attached hydrogens (tertiary/aromatic N) is 2. The average molecular weight is 384 g/mol. The molecule has 0 bridgehead atoms. The van der Waals surface area contributed by atoms with E-state index in [-0.39, 0.29) is 24.6 Å². The number of hydrogen-bond acceptors (Lipinski definition) is 5. The number of amides is 1. The summed E-state index contributed by atoms with van der Waals surface area (Å²) >= 11 is 0. The van der Waals surface area contributed by atoms with Gasteiger partial charge in [0, 0.05) is 12.2 Å². The van der Waals surface area contributed by atoms with Crippen LogP contribution in [0.15, 0.2) is 48.5 Å². The van der Waals surface area contributed by atoms with Crippen LogP contribution in [-0.4, -0.2) is 31.1 Å². The molecule has 6 nitrogen and oxygen atoms in total. The van der Waals surface area contributed by atoms with Crippen LogP contribution < -0.4 is 9.64 Å². The van der Waals surface area contributed by atoms with Crippen LogP contribution in [0.2, 0.25) is 0 Å². The summed E-state index contributed by atoms with van der Waals surface area (Å²) in [6, 6.07) is 13.7. The highest BCUT2D eigenvalue weighted by atomic mass is 19.1. The summed E-state index contributed by atoms with van der Waals surface area (Å²) in [5.74, 6) is -0.965. The summed E-state index contributed by atoms with van der Waals surface area (Å²) in [5, 5.41) is 8.79. The van der Waals surface area contributed by atoms with Gasteiger partial charge in [-0.25, -0.2) is 9.18 Å². The minimum atomic E-state index is -0.649. The van der Waals surface area contributed by atoms with E-state index in [1.807, 2.05) is 19.9 Å². The SMILES string of the molecule is CC(C)Oc1ccc(C(=O)OCC(=O)N(CCC#N)c2ccc(F)cc2)cc1. The Morgan fingerprint density at radius 1 is 1.11 bits per heavy atom. The van der Waals surface area contributed by atoms with Crippen molar-refractivity contribution in [3.8, 4) is 11.8 Å². The van der Waals surface area contributed by atoms with Gasteiger partial charge in [0.15, 0.2) is 6.61 Å². The largest absolute Gasteiger partial charge is 0.491 e. The molecule has 0 N–H and O–H groups in total. The van der Waals surface area contributed by atoms with Crippen LogP contribution in [0, 0.1) is 17.1 Å². The molecule has 2 rings (SSSR count). The Bertz CT molecular complexity index is 842. The monoisotopic (exact) mass is 384 g/mol. The first kappa shape index (κ1) is 20.9. The lowest BCUT2D eigenvalue weighted by Gasteiger charge is -2.21. The lowest BCUT2D eigenvalue weighted by atomic mass is 10.2. The van der Waals surface area contributed by atoms with Gasteiger partial charge < -0.3 is 14.4 Å². The highest BCUT2D eigenvalue weighted by Crippen LogP contribution is 2.17. The Morgan fingerprint density at radius 2 is 1.75 bits per heavy atom. The van der Waals surface area contributed by atoms with E-state index in [0.717, 1.165) is 0 Å². The number of rotatable bonds is 8. The highest BCUT2D eigenvalue weighted by Gasteiger charge is 2.18. The second-order valence-corrected chi connectivity index (χ2v) is 6.20. The highest BCUT2D eigenvalue weighted by molar-refractivity contribution is 5.97. The smallest absolute Gasteiger partial charge is 0.338 e. The fourth-order valence-corrected chi connectivity index (χ4v) is 2.41. The van der Waals surface area contributed by atoms with E-state index in [9.17, 15) is 14.0 Å². The Hall–Kier alpha value is -3.40. The molecule has 0 unspecified atom stereocenters. The van der Waals surface area contributed by atoms with Crippen LogP contribution in [0.3, 0.4) is 0 Å². The third kappa shape index (κ3) is 6.09. The summed E-state index contributed by atoms with van der Waals surface area (Å²) in [6.07, 6.45) is 0.107. The number of halogens is 1. The van der Waals surface area contributed by atoms with Gasteiger partial charge in [-0.1, -0.05) is 0 Å². The Kier molecular flexibility index (Phi) is 7.52. The molecule has 0 saturated heterocycles. The first-order chi connectivity index (χ1) is 13.4. The number of anilines is 1. The Labute approximate surface area is 163 Å². The van der Waals surface area contributed by atoms with Crippen molar-refractivity contribution in [1.29, 1.82) is 5.26 Å². The van der Waals surface area contributed by atoms with Gasteiger partial charge in [-0.3, -0.25) is 4.79 Å². The number of carbonyl (C=O) groups is 2. The van der Waals surface area contributed by atoms with Crippen LogP contribution >= 0.6 is 0 Å². The van der Waals surface area contributed by atoms with Gasteiger partial charge in [0.1, 0.15) is 11.6 Å². The second-order valence-electron chi connectivity index (χ2n) is 6.20. The normalized spacial score (nSPS) is 10.2. The molecule has 1 amide bonds. The number of esters is 1. The van der Waals surface area contributed by atoms with Gasteiger partial charge in [-0.05, 0) is 62.4 Å². The van der Waals surface area contributed by atoms with Gasteiger partial charge in [-0.2, -0.15) is 5.26 Å². The van der Waals surface area contributed by atoms with Gasteiger partial charge in [0.2, 0.25) is 0 Å². The van der Waals surface area contributed by atoms with Gasteiger partial charge in [-0.15, -0.1) is 0 Å². The molecule has 0 fully saturated rings. The van der Waals surface area contributed by atoms with E-state index < -0.39 is 24.3 Å². The molecule has 0 aliphatic carbocycles. The van der Waals surface area contributed by atoms with Gasteiger partial charge >= 0.3 is 5.97 Å². The first-order valence-electron chi connectivity index (χ1n) is 8.77. The molecule has 0 heterocycles. The molecule has 28 heavy (non-hydrogen) atoms. The van der Waals surface area contributed by atoms with Gasteiger partial charge in [0.25, 0.3) is 5.91 Å². The van der Waals surface area contributed by atoms with Crippen molar-refractivity contribution in [2.45, 2.75) is 26.4 Å². The third-order valence-corrected chi connectivity index (χ3v) is 3.68. The Balaban J connectivity index is 2.00. The number of benzene rings is 2. The summed E-state index contributed by atoms with van der Waals surface area (Å²) < 4.78 is 23.7. The molecule has 0 aliphatic heterocycles.